The first-order valence-electron chi connectivity index (χ1n) is 9.32. The molecule has 1 atom stereocenters. The number of rotatable bonds is 6. The molecule has 5 nitrogen and oxygen atoms in total. The van der Waals surface area contributed by atoms with Crippen LogP contribution < -0.4 is 5.32 Å². The van der Waals surface area contributed by atoms with Gasteiger partial charge in [-0.2, -0.15) is 16.9 Å². The van der Waals surface area contributed by atoms with Crippen molar-refractivity contribution in [3.8, 4) is 0 Å². The normalized spacial score (nSPS) is 18.2. The van der Waals surface area contributed by atoms with E-state index in [1.807, 2.05) is 11.7 Å². The Morgan fingerprint density at radius 2 is 2.04 bits per heavy atom. The molecule has 1 saturated heterocycles. The molecule has 0 radical (unpaired) electrons. The quantitative estimate of drug-likeness (QED) is 0.386. The van der Waals surface area contributed by atoms with Crippen LogP contribution in [0.5, 0.6) is 0 Å². The van der Waals surface area contributed by atoms with Gasteiger partial charge in [0.1, 0.15) is 0 Å². The average Bonchev–Trinajstić information content (AvgIpc) is 2.93. The number of nitrogens with zero attached hydrogens (tertiary/aromatic N) is 4. The Bertz CT molecular complexity index is 558. The second kappa shape index (κ2) is 11.3. The summed E-state index contributed by atoms with van der Waals surface area (Å²) in [6.45, 7) is 12.6. The molecule has 2 heterocycles. The molecule has 0 amide bonds. The molecule has 144 valence electrons. The predicted octanol–water partition coefficient (Wildman–Crippen LogP) is 3.46. The SMILES string of the molecule is CCNC(=NCc1c(CC)nn(C)c1CC)N1CCSC(CC)C1.I. The van der Waals surface area contributed by atoms with Crippen LogP contribution in [0.15, 0.2) is 4.99 Å². The highest BCUT2D eigenvalue weighted by Crippen LogP contribution is 2.22. The van der Waals surface area contributed by atoms with Gasteiger partial charge in [0.25, 0.3) is 0 Å². The average molecular weight is 479 g/mol. The maximum atomic E-state index is 4.98. The van der Waals surface area contributed by atoms with Gasteiger partial charge in [-0.05, 0) is 26.2 Å². The Labute approximate surface area is 174 Å². The summed E-state index contributed by atoms with van der Waals surface area (Å²) in [5, 5.41) is 8.88. The van der Waals surface area contributed by atoms with Crippen molar-refractivity contribution in [1.29, 1.82) is 0 Å². The van der Waals surface area contributed by atoms with Crippen LogP contribution in [0.2, 0.25) is 0 Å². The second-order valence-corrected chi connectivity index (χ2v) is 7.63. The molecule has 0 spiro atoms. The van der Waals surface area contributed by atoms with Crippen molar-refractivity contribution in [2.24, 2.45) is 12.0 Å². The minimum Gasteiger partial charge on any atom is -0.357 e. The maximum Gasteiger partial charge on any atom is 0.194 e. The Morgan fingerprint density at radius 3 is 2.64 bits per heavy atom. The van der Waals surface area contributed by atoms with E-state index in [4.69, 9.17) is 4.99 Å². The minimum absolute atomic E-state index is 0. The largest absolute Gasteiger partial charge is 0.357 e. The molecule has 0 aromatic carbocycles. The molecule has 1 unspecified atom stereocenters. The summed E-state index contributed by atoms with van der Waals surface area (Å²) in [6, 6.07) is 0. The Hall–Kier alpha value is -0.440. The van der Waals surface area contributed by atoms with Crippen LogP contribution >= 0.6 is 35.7 Å². The zero-order valence-electron chi connectivity index (χ0n) is 16.3. The predicted molar refractivity (Wildman–Crippen MR) is 120 cm³/mol. The zero-order valence-corrected chi connectivity index (χ0v) is 19.5. The number of aromatic nitrogens is 2. The molecule has 1 aromatic rings. The number of halogens is 1. The first-order valence-corrected chi connectivity index (χ1v) is 10.4. The summed E-state index contributed by atoms with van der Waals surface area (Å²) in [4.78, 5) is 7.41. The van der Waals surface area contributed by atoms with E-state index in [0.717, 1.165) is 50.2 Å². The lowest BCUT2D eigenvalue weighted by Crippen LogP contribution is -2.48. The number of aryl methyl sites for hydroxylation is 2. The van der Waals surface area contributed by atoms with Gasteiger partial charge in [-0.1, -0.05) is 20.8 Å². The molecule has 1 aromatic heterocycles. The summed E-state index contributed by atoms with van der Waals surface area (Å²) >= 11 is 2.09. The monoisotopic (exact) mass is 479 g/mol. The van der Waals surface area contributed by atoms with E-state index in [1.54, 1.807) is 0 Å². The van der Waals surface area contributed by atoms with Gasteiger partial charge in [0.15, 0.2) is 5.96 Å². The molecular formula is C18H34IN5S. The summed E-state index contributed by atoms with van der Waals surface area (Å²) in [6.07, 6.45) is 3.19. The molecule has 2 rings (SSSR count). The van der Waals surface area contributed by atoms with Crippen molar-refractivity contribution in [3.63, 3.8) is 0 Å². The lowest BCUT2D eigenvalue weighted by Gasteiger charge is -2.34. The van der Waals surface area contributed by atoms with Crippen molar-refractivity contribution in [2.45, 2.75) is 58.8 Å². The third-order valence-electron chi connectivity index (χ3n) is 4.64. The third-order valence-corrected chi connectivity index (χ3v) is 6.02. The molecule has 7 heteroatoms. The van der Waals surface area contributed by atoms with E-state index in [9.17, 15) is 0 Å². The highest BCUT2D eigenvalue weighted by atomic mass is 127. The first kappa shape index (κ1) is 22.6. The van der Waals surface area contributed by atoms with E-state index in [0.29, 0.717) is 0 Å². The Kier molecular flexibility index (Phi) is 10.2. The van der Waals surface area contributed by atoms with E-state index in [1.165, 1.54) is 29.1 Å². The summed E-state index contributed by atoms with van der Waals surface area (Å²) in [7, 11) is 2.05. The van der Waals surface area contributed by atoms with Crippen LogP contribution in [-0.4, -0.2) is 51.3 Å². The standard InChI is InChI=1S/C18H33N5S.HI/c1-6-14-13-23(10-11-24-14)18(19-9-4)20-12-15-16(7-2)21-22(5)17(15)8-3;/h14H,6-13H2,1-5H3,(H,19,20);1H. The van der Waals surface area contributed by atoms with Gasteiger partial charge in [0.05, 0.1) is 12.2 Å². The highest BCUT2D eigenvalue weighted by molar-refractivity contribution is 14.0. The molecule has 1 aliphatic rings. The van der Waals surface area contributed by atoms with E-state index in [2.05, 4.69) is 54.8 Å². The fraction of sp³-hybridized carbons (Fsp3) is 0.778. The van der Waals surface area contributed by atoms with Crippen LogP contribution in [0, 0.1) is 0 Å². The molecule has 0 saturated carbocycles. The smallest absolute Gasteiger partial charge is 0.194 e. The number of aliphatic imine (C=N–C) groups is 1. The lowest BCUT2D eigenvalue weighted by molar-refractivity contribution is 0.408. The number of hydrogen-bond acceptors (Lipinski definition) is 3. The van der Waals surface area contributed by atoms with Gasteiger partial charge in [-0.25, -0.2) is 4.99 Å². The molecular weight excluding hydrogens is 445 g/mol. The Morgan fingerprint density at radius 1 is 1.28 bits per heavy atom. The molecule has 1 aliphatic heterocycles. The summed E-state index contributed by atoms with van der Waals surface area (Å²) in [5.41, 5.74) is 3.82. The summed E-state index contributed by atoms with van der Waals surface area (Å²) < 4.78 is 2.03. The van der Waals surface area contributed by atoms with Crippen LogP contribution in [-0.2, 0) is 26.4 Å². The van der Waals surface area contributed by atoms with Crippen LogP contribution in [0.25, 0.3) is 0 Å². The van der Waals surface area contributed by atoms with Crippen molar-refractivity contribution in [2.75, 3.05) is 25.4 Å². The molecule has 0 bridgehead atoms. The van der Waals surface area contributed by atoms with Gasteiger partial charge in [-0.15, -0.1) is 24.0 Å². The van der Waals surface area contributed by atoms with Crippen LogP contribution in [0.4, 0.5) is 0 Å². The van der Waals surface area contributed by atoms with Crippen molar-refractivity contribution >= 4 is 41.7 Å². The number of hydrogen-bond donors (Lipinski definition) is 1. The number of thioether (sulfide) groups is 1. The highest BCUT2D eigenvalue weighted by Gasteiger charge is 2.22. The lowest BCUT2D eigenvalue weighted by atomic mass is 10.1. The molecule has 1 fully saturated rings. The van der Waals surface area contributed by atoms with Crippen LogP contribution in [0.3, 0.4) is 0 Å². The van der Waals surface area contributed by atoms with Crippen molar-refractivity contribution < 1.29 is 0 Å². The maximum absolute atomic E-state index is 4.98. The van der Waals surface area contributed by atoms with Gasteiger partial charge in [0.2, 0.25) is 0 Å². The van der Waals surface area contributed by atoms with Crippen molar-refractivity contribution in [1.82, 2.24) is 20.0 Å². The van der Waals surface area contributed by atoms with E-state index in [-0.39, 0.29) is 24.0 Å². The molecule has 25 heavy (non-hydrogen) atoms. The summed E-state index contributed by atoms with van der Waals surface area (Å²) in [5.74, 6) is 2.25. The molecule has 1 N–H and O–H groups in total. The fourth-order valence-electron chi connectivity index (χ4n) is 3.31. The van der Waals surface area contributed by atoms with Gasteiger partial charge in [0, 0.05) is 48.9 Å². The van der Waals surface area contributed by atoms with Gasteiger partial charge >= 0.3 is 0 Å². The molecule has 0 aliphatic carbocycles. The number of guanidine groups is 1. The van der Waals surface area contributed by atoms with Gasteiger partial charge in [-0.3, -0.25) is 4.68 Å². The van der Waals surface area contributed by atoms with E-state index >= 15 is 0 Å². The zero-order chi connectivity index (χ0) is 17.5. The fourth-order valence-corrected chi connectivity index (χ4v) is 4.49. The van der Waals surface area contributed by atoms with Crippen molar-refractivity contribution in [3.05, 3.63) is 17.0 Å². The third kappa shape index (κ3) is 5.77. The Balaban J connectivity index is 0.00000312. The van der Waals surface area contributed by atoms with E-state index < -0.39 is 0 Å². The number of nitrogens with one attached hydrogen (secondary N) is 1. The van der Waals surface area contributed by atoms with Crippen LogP contribution in [0.1, 0.15) is 51.1 Å². The minimum atomic E-state index is 0. The topological polar surface area (TPSA) is 45.5 Å². The first-order chi connectivity index (χ1) is 11.6. The second-order valence-electron chi connectivity index (χ2n) is 6.22. The van der Waals surface area contributed by atoms with Gasteiger partial charge < -0.3 is 10.2 Å².